The third-order valence-corrected chi connectivity index (χ3v) is 3.48. The van der Waals surface area contributed by atoms with Crippen LogP contribution in [0.2, 0.25) is 0 Å². The minimum atomic E-state index is -0.466. The second-order valence-electron chi connectivity index (χ2n) is 3.53. The summed E-state index contributed by atoms with van der Waals surface area (Å²) in [5.74, 6) is 0.0223. The molecule has 0 radical (unpaired) electrons. The Hall–Kier alpha value is -1.68. The lowest BCUT2D eigenvalue weighted by Gasteiger charge is -1.99. The van der Waals surface area contributed by atoms with Crippen LogP contribution < -0.4 is 0 Å². The first-order valence-electron chi connectivity index (χ1n) is 5.12. The molecule has 1 aliphatic rings. The first-order valence-corrected chi connectivity index (χ1v) is 6.11. The van der Waals surface area contributed by atoms with Crippen LogP contribution >= 0.6 is 11.8 Å². The molecule has 0 bridgehead atoms. The minimum absolute atomic E-state index is 0.0331. The van der Waals surface area contributed by atoms with Crippen molar-refractivity contribution in [3.63, 3.8) is 0 Å². The molecular weight excluding hydrogens is 236 g/mol. The highest BCUT2D eigenvalue weighted by Crippen LogP contribution is 2.36. The summed E-state index contributed by atoms with van der Waals surface area (Å²) in [4.78, 5) is 12.0. The summed E-state index contributed by atoms with van der Waals surface area (Å²) < 4.78 is 4.61. The standard InChI is InChI=1S/C13H12O3S/c1-16-13(15)10-8-17-11(12(10)14)7-9-5-3-2-4-6-9/h2-7,14H,8H2,1H3/b11-7-. The summed E-state index contributed by atoms with van der Waals surface area (Å²) in [5, 5.41) is 9.90. The Bertz CT molecular complexity index is 489. The second-order valence-corrected chi connectivity index (χ2v) is 4.54. The molecule has 2 rings (SSSR count). The predicted octanol–water partition coefficient (Wildman–Crippen LogP) is 2.76. The van der Waals surface area contributed by atoms with E-state index in [2.05, 4.69) is 4.74 Å². The van der Waals surface area contributed by atoms with Crippen LogP contribution in [0.3, 0.4) is 0 Å². The number of esters is 1. The maximum Gasteiger partial charge on any atom is 0.338 e. The van der Waals surface area contributed by atoms with Gasteiger partial charge < -0.3 is 9.84 Å². The Morgan fingerprint density at radius 3 is 2.76 bits per heavy atom. The summed E-state index contributed by atoms with van der Waals surface area (Å²) in [7, 11) is 1.31. The highest BCUT2D eigenvalue weighted by atomic mass is 32.2. The number of carbonyl (C=O) groups excluding carboxylic acids is 1. The molecule has 1 aromatic carbocycles. The molecule has 3 nitrogen and oxygen atoms in total. The van der Waals surface area contributed by atoms with Gasteiger partial charge in [-0.3, -0.25) is 0 Å². The van der Waals surface area contributed by atoms with Gasteiger partial charge in [0, 0.05) is 5.75 Å². The van der Waals surface area contributed by atoms with Crippen LogP contribution in [0, 0.1) is 0 Å². The van der Waals surface area contributed by atoms with E-state index in [-0.39, 0.29) is 5.76 Å². The van der Waals surface area contributed by atoms with Crippen molar-refractivity contribution in [3.8, 4) is 0 Å². The molecule has 0 aliphatic carbocycles. The Kier molecular flexibility index (Phi) is 3.54. The number of hydrogen-bond acceptors (Lipinski definition) is 4. The Labute approximate surface area is 104 Å². The van der Waals surface area contributed by atoms with E-state index in [9.17, 15) is 9.90 Å². The van der Waals surface area contributed by atoms with Crippen molar-refractivity contribution in [1.29, 1.82) is 0 Å². The molecule has 88 valence electrons. The van der Waals surface area contributed by atoms with Gasteiger partial charge in [-0.25, -0.2) is 4.79 Å². The number of carbonyl (C=O) groups is 1. The summed E-state index contributed by atoms with van der Waals surface area (Å²) in [6.07, 6.45) is 1.86. The van der Waals surface area contributed by atoms with E-state index in [1.54, 1.807) is 0 Å². The molecule has 0 saturated heterocycles. The van der Waals surface area contributed by atoms with E-state index in [4.69, 9.17) is 0 Å². The van der Waals surface area contributed by atoms with Gasteiger partial charge in [0.1, 0.15) is 5.76 Å². The molecule has 1 N–H and O–H groups in total. The first-order chi connectivity index (χ1) is 8.22. The minimum Gasteiger partial charge on any atom is -0.506 e. The smallest absolute Gasteiger partial charge is 0.338 e. The van der Waals surface area contributed by atoms with E-state index >= 15 is 0 Å². The van der Waals surface area contributed by atoms with Gasteiger partial charge in [-0.15, -0.1) is 11.8 Å². The average Bonchev–Trinajstić information content (AvgIpc) is 2.72. The predicted molar refractivity (Wildman–Crippen MR) is 68.5 cm³/mol. The number of hydrogen-bond donors (Lipinski definition) is 1. The van der Waals surface area contributed by atoms with Crippen LogP contribution in [0.5, 0.6) is 0 Å². The molecule has 1 aromatic rings. The maximum absolute atomic E-state index is 11.3. The Balaban J connectivity index is 2.29. The molecule has 4 heteroatoms. The summed E-state index contributed by atoms with van der Waals surface area (Å²) in [6.45, 7) is 0. The molecular formula is C13H12O3S. The first kappa shape index (κ1) is 11.8. The fraction of sp³-hybridized carbons (Fsp3) is 0.154. The van der Waals surface area contributed by atoms with Crippen LogP contribution in [0.25, 0.3) is 6.08 Å². The van der Waals surface area contributed by atoms with Crippen LogP contribution in [0.1, 0.15) is 5.56 Å². The van der Waals surface area contributed by atoms with Crippen LogP contribution in [-0.4, -0.2) is 23.9 Å². The highest BCUT2D eigenvalue weighted by Gasteiger charge is 2.25. The molecule has 0 aromatic heterocycles. The van der Waals surface area contributed by atoms with Crippen molar-refractivity contribution in [1.82, 2.24) is 0 Å². The largest absolute Gasteiger partial charge is 0.506 e. The zero-order valence-electron chi connectivity index (χ0n) is 9.34. The molecule has 17 heavy (non-hydrogen) atoms. The van der Waals surface area contributed by atoms with E-state index in [0.29, 0.717) is 16.2 Å². The van der Waals surface area contributed by atoms with Crippen LogP contribution in [0.15, 0.2) is 46.6 Å². The molecule has 0 saturated carbocycles. The van der Waals surface area contributed by atoms with E-state index < -0.39 is 5.97 Å². The molecule has 0 spiro atoms. The summed E-state index contributed by atoms with van der Waals surface area (Å²) in [5.41, 5.74) is 1.33. The number of benzene rings is 1. The van der Waals surface area contributed by atoms with E-state index in [1.807, 2.05) is 36.4 Å². The number of methoxy groups -OCH3 is 1. The van der Waals surface area contributed by atoms with E-state index in [1.165, 1.54) is 18.9 Å². The van der Waals surface area contributed by atoms with Crippen LogP contribution in [0.4, 0.5) is 0 Å². The number of aliphatic hydroxyl groups is 1. The monoisotopic (exact) mass is 248 g/mol. The quantitative estimate of drug-likeness (QED) is 0.817. The van der Waals surface area contributed by atoms with Gasteiger partial charge in [0.15, 0.2) is 0 Å². The lowest BCUT2D eigenvalue weighted by molar-refractivity contribution is -0.136. The molecule has 0 unspecified atom stereocenters. The number of ether oxygens (including phenoxy) is 1. The van der Waals surface area contributed by atoms with Crippen molar-refractivity contribution in [2.75, 3.05) is 12.9 Å². The van der Waals surface area contributed by atoms with Crippen molar-refractivity contribution >= 4 is 23.8 Å². The molecule has 0 atom stereocenters. The topological polar surface area (TPSA) is 46.5 Å². The highest BCUT2D eigenvalue weighted by molar-refractivity contribution is 8.04. The molecule has 1 heterocycles. The number of thioether (sulfide) groups is 1. The van der Waals surface area contributed by atoms with Gasteiger partial charge in [-0.1, -0.05) is 30.3 Å². The Morgan fingerprint density at radius 1 is 1.41 bits per heavy atom. The average molecular weight is 248 g/mol. The van der Waals surface area contributed by atoms with Gasteiger partial charge >= 0.3 is 5.97 Å². The third-order valence-electron chi connectivity index (χ3n) is 2.42. The zero-order valence-corrected chi connectivity index (χ0v) is 10.2. The van der Waals surface area contributed by atoms with Gasteiger partial charge in [0.25, 0.3) is 0 Å². The molecule has 0 fully saturated rings. The Morgan fingerprint density at radius 2 is 2.12 bits per heavy atom. The fourth-order valence-electron chi connectivity index (χ4n) is 1.52. The van der Waals surface area contributed by atoms with Gasteiger partial charge in [-0.2, -0.15) is 0 Å². The van der Waals surface area contributed by atoms with E-state index in [0.717, 1.165) is 5.56 Å². The molecule has 0 amide bonds. The van der Waals surface area contributed by atoms with Crippen LogP contribution in [-0.2, 0) is 9.53 Å². The lowest BCUT2D eigenvalue weighted by Crippen LogP contribution is -2.06. The number of rotatable bonds is 2. The zero-order chi connectivity index (χ0) is 12.3. The van der Waals surface area contributed by atoms with Crippen molar-refractivity contribution < 1.29 is 14.6 Å². The van der Waals surface area contributed by atoms with Gasteiger partial charge in [0.05, 0.1) is 17.6 Å². The third kappa shape index (κ3) is 2.53. The molecule has 1 aliphatic heterocycles. The SMILES string of the molecule is COC(=O)C1=C(O)/C(=C/c2ccccc2)SC1. The van der Waals surface area contributed by atoms with Crippen molar-refractivity contribution in [2.45, 2.75) is 0 Å². The maximum atomic E-state index is 11.3. The summed E-state index contributed by atoms with van der Waals surface area (Å²) in [6, 6.07) is 9.66. The summed E-state index contributed by atoms with van der Waals surface area (Å²) >= 11 is 1.43. The normalized spacial score (nSPS) is 17.6. The fourth-order valence-corrected chi connectivity index (χ4v) is 2.56. The van der Waals surface area contributed by atoms with Crippen molar-refractivity contribution in [2.24, 2.45) is 0 Å². The van der Waals surface area contributed by atoms with Gasteiger partial charge in [-0.05, 0) is 11.6 Å². The second kappa shape index (κ2) is 5.10. The van der Waals surface area contributed by atoms with Gasteiger partial charge in [0.2, 0.25) is 0 Å². The van der Waals surface area contributed by atoms with Crippen molar-refractivity contribution in [3.05, 3.63) is 52.1 Å². The lowest BCUT2D eigenvalue weighted by atomic mass is 10.2. The number of aliphatic hydroxyl groups excluding tert-OH is 1.